The molecule has 10 nitrogen and oxygen atoms in total. The molecule has 30 heavy (non-hydrogen) atoms. The summed E-state index contributed by atoms with van der Waals surface area (Å²) in [5.41, 5.74) is 3.43. The van der Waals surface area contributed by atoms with Crippen molar-refractivity contribution in [2.45, 2.75) is 25.3 Å². The first-order valence-electron chi connectivity index (χ1n) is 9.93. The maximum Gasteiger partial charge on any atom is 0.278 e. The second kappa shape index (κ2) is 7.99. The van der Waals surface area contributed by atoms with Crippen LogP contribution in [0.15, 0.2) is 49.1 Å². The molecule has 5 heterocycles. The number of nitrogens with zero attached hydrogens (tertiary/aromatic N) is 7. The lowest BCUT2D eigenvalue weighted by Crippen LogP contribution is -2.29. The molecule has 1 aliphatic heterocycles. The fraction of sp³-hybridized carbons (Fsp3) is 0.300. The van der Waals surface area contributed by atoms with Crippen LogP contribution in [0.5, 0.6) is 0 Å². The van der Waals surface area contributed by atoms with Crippen molar-refractivity contribution in [2.75, 3.05) is 18.4 Å². The zero-order chi connectivity index (χ0) is 20.3. The van der Waals surface area contributed by atoms with Crippen molar-refractivity contribution in [3.63, 3.8) is 0 Å². The van der Waals surface area contributed by atoms with E-state index in [1.54, 1.807) is 29.0 Å². The topological polar surface area (TPSA) is 115 Å². The van der Waals surface area contributed by atoms with Crippen LogP contribution in [0.2, 0.25) is 0 Å². The van der Waals surface area contributed by atoms with Gasteiger partial charge in [0.15, 0.2) is 11.3 Å². The maximum atomic E-state index is 13.1. The molecule has 0 aromatic carbocycles. The molecule has 152 valence electrons. The predicted molar refractivity (Wildman–Crippen MR) is 109 cm³/mol. The van der Waals surface area contributed by atoms with Crippen molar-refractivity contribution >= 4 is 17.2 Å². The van der Waals surface area contributed by atoms with Crippen LogP contribution in [0, 0.1) is 0 Å². The van der Waals surface area contributed by atoms with Gasteiger partial charge in [-0.3, -0.25) is 9.78 Å². The third-order valence-electron chi connectivity index (χ3n) is 5.28. The Morgan fingerprint density at radius 3 is 2.90 bits per heavy atom. The third kappa shape index (κ3) is 3.64. The molecule has 0 unspecified atom stereocenters. The number of fused-ring (bicyclic) bond motifs is 1. The average molecular weight is 403 g/mol. The molecule has 1 saturated heterocycles. The zero-order valence-corrected chi connectivity index (χ0v) is 16.3. The second-order valence-electron chi connectivity index (χ2n) is 7.26. The summed E-state index contributed by atoms with van der Waals surface area (Å²) in [5.74, 6) is -0.0706. The first-order valence-corrected chi connectivity index (χ1v) is 9.93. The molecule has 10 heteroatoms. The fourth-order valence-corrected chi connectivity index (χ4v) is 3.82. The Balaban J connectivity index is 1.45. The number of aromatic nitrogens is 7. The van der Waals surface area contributed by atoms with Crippen molar-refractivity contribution in [2.24, 2.45) is 0 Å². The van der Waals surface area contributed by atoms with Gasteiger partial charge in [0.25, 0.3) is 5.91 Å². The highest BCUT2D eigenvalue weighted by atomic mass is 16.2. The van der Waals surface area contributed by atoms with Gasteiger partial charge >= 0.3 is 0 Å². The molecule has 0 aliphatic carbocycles. The number of anilines is 1. The quantitative estimate of drug-likeness (QED) is 0.519. The Hall–Kier alpha value is -3.66. The maximum absolute atomic E-state index is 13.1. The van der Waals surface area contributed by atoms with Gasteiger partial charge in [-0.1, -0.05) is 11.3 Å². The summed E-state index contributed by atoms with van der Waals surface area (Å²) in [4.78, 5) is 21.6. The van der Waals surface area contributed by atoms with Gasteiger partial charge in [-0.05, 0) is 50.2 Å². The van der Waals surface area contributed by atoms with Crippen LogP contribution in [0.4, 0.5) is 5.69 Å². The van der Waals surface area contributed by atoms with Gasteiger partial charge in [0.2, 0.25) is 0 Å². The number of hydrogen-bond donors (Lipinski definition) is 2. The molecule has 5 rings (SSSR count). The van der Waals surface area contributed by atoms with E-state index >= 15 is 0 Å². The van der Waals surface area contributed by atoms with Gasteiger partial charge in [-0.2, -0.15) is 5.10 Å². The molecule has 4 aromatic rings. The molecular weight excluding hydrogens is 382 g/mol. The fourth-order valence-electron chi connectivity index (χ4n) is 3.82. The molecule has 1 fully saturated rings. The average Bonchev–Trinajstić information content (AvgIpc) is 3.42. The zero-order valence-electron chi connectivity index (χ0n) is 16.3. The SMILES string of the molecule is O=C(Nc1ccc2ncnn2c1)c1nnn(Cc2ccccn2)c1C1CCNCC1. The summed E-state index contributed by atoms with van der Waals surface area (Å²) in [6, 6.07) is 9.36. The summed E-state index contributed by atoms with van der Waals surface area (Å²) in [6.45, 7) is 2.29. The van der Waals surface area contributed by atoms with E-state index in [-0.39, 0.29) is 11.8 Å². The molecule has 0 atom stereocenters. The lowest BCUT2D eigenvalue weighted by molar-refractivity contribution is 0.102. The Kier molecular flexibility index (Phi) is 4.89. The first-order chi connectivity index (χ1) is 14.8. The van der Waals surface area contributed by atoms with E-state index in [9.17, 15) is 4.79 Å². The number of carbonyl (C=O) groups is 1. The third-order valence-corrected chi connectivity index (χ3v) is 5.28. The number of nitrogens with one attached hydrogen (secondary N) is 2. The Morgan fingerprint density at radius 2 is 2.07 bits per heavy atom. The molecule has 0 radical (unpaired) electrons. The lowest BCUT2D eigenvalue weighted by Gasteiger charge is -2.23. The van der Waals surface area contributed by atoms with Crippen LogP contribution < -0.4 is 10.6 Å². The van der Waals surface area contributed by atoms with Crippen LogP contribution in [0.25, 0.3) is 5.65 Å². The normalized spacial score (nSPS) is 14.8. The number of pyridine rings is 2. The molecule has 1 amide bonds. The van der Waals surface area contributed by atoms with Crippen molar-refractivity contribution in [1.82, 2.24) is 39.9 Å². The Morgan fingerprint density at radius 1 is 1.17 bits per heavy atom. The number of carbonyl (C=O) groups excluding carboxylic acids is 1. The first kappa shape index (κ1) is 18.4. The van der Waals surface area contributed by atoms with Crippen molar-refractivity contribution < 1.29 is 4.79 Å². The van der Waals surface area contributed by atoms with E-state index < -0.39 is 0 Å². The number of rotatable bonds is 5. The van der Waals surface area contributed by atoms with Crippen LogP contribution >= 0.6 is 0 Å². The summed E-state index contributed by atoms with van der Waals surface area (Å²) in [6.07, 6.45) is 6.81. The minimum Gasteiger partial charge on any atom is -0.319 e. The van der Waals surface area contributed by atoms with E-state index in [1.807, 2.05) is 22.9 Å². The van der Waals surface area contributed by atoms with Gasteiger partial charge in [0.05, 0.1) is 29.8 Å². The molecule has 1 aliphatic rings. The summed E-state index contributed by atoms with van der Waals surface area (Å²) < 4.78 is 3.43. The second-order valence-corrected chi connectivity index (χ2v) is 7.26. The smallest absolute Gasteiger partial charge is 0.278 e. The Bertz CT molecular complexity index is 1160. The molecule has 2 N–H and O–H groups in total. The molecule has 4 aromatic heterocycles. The van der Waals surface area contributed by atoms with Crippen molar-refractivity contribution in [1.29, 1.82) is 0 Å². The molecule has 0 saturated carbocycles. The van der Waals surface area contributed by atoms with Gasteiger partial charge in [-0.25, -0.2) is 14.2 Å². The van der Waals surface area contributed by atoms with Crippen molar-refractivity contribution in [3.8, 4) is 0 Å². The van der Waals surface area contributed by atoms with Gasteiger partial charge in [0.1, 0.15) is 6.33 Å². The van der Waals surface area contributed by atoms with E-state index in [2.05, 4.69) is 36.0 Å². The largest absolute Gasteiger partial charge is 0.319 e. The molecular formula is C20H21N9O. The highest BCUT2D eigenvalue weighted by Crippen LogP contribution is 2.28. The van der Waals surface area contributed by atoms with Gasteiger partial charge < -0.3 is 10.6 Å². The lowest BCUT2D eigenvalue weighted by atomic mass is 9.92. The van der Waals surface area contributed by atoms with Crippen LogP contribution in [-0.4, -0.2) is 53.6 Å². The van der Waals surface area contributed by atoms with Gasteiger partial charge in [0, 0.05) is 12.1 Å². The number of piperidine rings is 1. The summed E-state index contributed by atoms with van der Waals surface area (Å²) in [7, 11) is 0. The van der Waals surface area contributed by atoms with E-state index in [0.29, 0.717) is 23.6 Å². The minimum atomic E-state index is -0.282. The van der Waals surface area contributed by atoms with E-state index in [1.165, 1.54) is 6.33 Å². The minimum absolute atomic E-state index is 0.212. The Labute approximate surface area is 172 Å². The van der Waals surface area contributed by atoms with Gasteiger partial charge in [-0.15, -0.1) is 5.10 Å². The summed E-state index contributed by atoms with van der Waals surface area (Å²) in [5, 5.41) is 19.0. The standard InChI is InChI=1S/C20H21N9O/c30-20(25-16-4-5-17-23-13-24-28(17)12-16)18-19(14-6-9-21-10-7-14)29(27-26-18)11-15-3-1-2-8-22-15/h1-5,8,12-14,21H,6-7,9-11H2,(H,25,30). The summed E-state index contributed by atoms with van der Waals surface area (Å²) >= 11 is 0. The molecule has 0 bridgehead atoms. The highest BCUT2D eigenvalue weighted by molar-refractivity contribution is 6.03. The monoisotopic (exact) mass is 403 g/mol. The highest BCUT2D eigenvalue weighted by Gasteiger charge is 2.28. The van der Waals surface area contributed by atoms with Crippen LogP contribution in [0.3, 0.4) is 0 Å². The number of amides is 1. The van der Waals surface area contributed by atoms with Crippen LogP contribution in [-0.2, 0) is 6.54 Å². The van der Waals surface area contributed by atoms with Crippen LogP contribution in [0.1, 0.15) is 40.6 Å². The predicted octanol–water partition coefficient (Wildman–Crippen LogP) is 1.48. The van der Waals surface area contributed by atoms with Crippen molar-refractivity contribution in [3.05, 3.63) is 66.1 Å². The number of hydrogen-bond acceptors (Lipinski definition) is 7. The van der Waals surface area contributed by atoms with E-state index in [0.717, 1.165) is 37.3 Å². The molecule has 0 spiro atoms. The van der Waals surface area contributed by atoms with E-state index in [4.69, 9.17) is 0 Å².